The largest absolute Gasteiger partial charge is 0.326 e. The fraction of sp³-hybridized carbons (Fsp3) is 0.143. The average molecular weight is 238 g/mol. The van der Waals surface area contributed by atoms with Crippen molar-refractivity contribution < 1.29 is 0 Å². The predicted octanol–water partition coefficient (Wildman–Crippen LogP) is 2.19. The van der Waals surface area contributed by atoms with Crippen LogP contribution in [-0.4, -0.2) is 14.8 Å². The zero-order chi connectivity index (χ0) is 12.5. The van der Waals surface area contributed by atoms with Crippen molar-refractivity contribution >= 4 is 10.9 Å². The average Bonchev–Trinajstić information content (AvgIpc) is 2.83. The third-order valence-electron chi connectivity index (χ3n) is 2.93. The molecule has 2 heterocycles. The maximum atomic E-state index is 5.80. The van der Waals surface area contributed by atoms with E-state index in [9.17, 15) is 0 Å². The van der Waals surface area contributed by atoms with Gasteiger partial charge in [-0.25, -0.2) is 9.67 Å². The van der Waals surface area contributed by atoms with Gasteiger partial charge >= 0.3 is 0 Å². The van der Waals surface area contributed by atoms with Crippen molar-refractivity contribution in [1.29, 1.82) is 0 Å². The molecule has 0 aliphatic rings. The minimum Gasteiger partial charge on any atom is -0.326 e. The molecule has 4 nitrogen and oxygen atoms in total. The van der Waals surface area contributed by atoms with Crippen molar-refractivity contribution in [2.75, 3.05) is 0 Å². The van der Waals surface area contributed by atoms with E-state index in [2.05, 4.69) is 16.1 Å². The standard InChI is InChI=1S/C14H14N4/c1-10-8-16-18(9-10)14-12(7-15)6-11-4-2-3-5-13(11)17-14/h2-6,8-9H,7,15H2,1H3. The lowest BCUT2D eigenvalue weighted by molar-refractivity contribution is 0.830. The van der Waals surface area contributed by atoms with Gasteiger partial charge in [0.15, 0.2) is 5.82 Å². The summed E-state index contributed by atoms with van der Waals surface area (Å²) in [6.45, 7) is 2.46. The first-order valence-corrected chi connectivity index (χ1v) is 5.88. The van der Waals surface area contributed by atoms with Crippen molar-refractivity contribution in [3.05, 3.63) is 53.9 Å². The summed E-state index contributed by atoms with van der Waals surface area (Å²) < 4.78 is 1.78. The molecule has 0 fully saturated rings. The number of rotatable bonds is 2. The van der Waals surface area contributed by atoms with Crippen LogP contribution in [0.2, 0.25) is 0 Å². The summed E-state index contributed by atoms with van der Waals surface area (Å²) in [7, 11) is 0. The molecule has 0 bridgehead atoms. The Morgan fingerprint density at radius 3 is 2.83 bits per heavy atom. The molecule has 0 amide bonds. The highest BCUT2D eigenvalue weighted by Crippen LogP contribution is 2.19. The Kier molecular flexibility index (Phi) is 2.57. The molecule has 0 aliphatic carbocycles. The van der Waals surface area contributed by atoms with E-state index in [-0.39, 0.29) is 0 Å². The molecule has 0 saturated heterocycles. The first-order valence-electron chi connectivity index (χ1n) is 5.88. The van der Waals surface area contributed by atoms with Crippen LogP contribution in [0.25, 0.3) is 16.7 Å². The second-order valence-corrected chi connectivity index (χ2v) is 4.33. The molecule has 90 valence electrons. The molecule has 0 radical (unpaired) electrons. The van der Waals surface area contributed by atoms with Gasteiger partial charge in [0.05, 0.1) is 11.7 Å². The topological polar surface area (TPSA) is 56.7 Å². The van der Waals surface area contributed by atoms with Crippen molar-refractivity contribution in [2.45, 2.75) is 13.5 Å². The third-order valence-corrected chi connectivity index (χ3v) is 2.93. The molecule has 3 rings (SSSR count). The number of nitrogens with two attached hydrogens (primary N) is 1. The van der Waals surface area contributed by atoms with Crippen LogP contribution >= 0.6 is 0 Å². The number of aromatic nitrogens is 3. The van der Waals surface area contributed by atoms with Gasteiger partial charge in [0.1, 0.15) is 0 Å². The van der Waals surface area contributed by atoms with Gasteiger partial charge in [-0.15, -0.1) is 0 Å². The van der Waals surface area contributed by atoms with Gasteiger partial charge < -0.3 is 5.73 Å². The predicted molar refractivity (Wildman–Crippen MR) is 71.5 cm³/mol. The van der Waals surface area contributed by atoms with Gasteiger partial charge in [0.2, 0.25) is 0 Å². The van der Waals surface area contributed by atoms with E-state index in [0.717, 1.165) is 27.8 Å². The van der Waals surface area contributed by atoms with Gasteiger partial charge in [-0.1, -0.05) is 18.2 Å². The van der Waals surface area contributed by atoms with Crippen molar-refractivity contribution in [3.8, 4) is 5.82 Å². The zero-order valence-electron chi connectivity index (χ0n) is 10.2. The van der Waals surface area contributed by atoms with E-state index in [1.54, 1.807) is 4.68 Å². The fourth-order valence-electron chi connectivity index (χ4n) is 2.03. The molecule has 2 aromatic heterocycles. The van der Waals surface area contributed by atoms with Crippen LogP contribution in [0, 0.1) is 6.92 Å². The van der Waals surface area contributed by atoms with Gasteiger partial charge in [0.25, 0.3) is 0 Å². The van der Waals surface area contributed by atoms with E-state index >= 15 is 0 Å². The van der Waals surface area contributed by atoms with Crippen LogP contribution in [0.5, 0.6) is 0 Å². The Bertz CT molecular complexity index is 700. The van der Waals surface area contributed by atoms with E-state index in [0.29, 0.717) is 6.54 Å². The highest BCUT2D eigenvalue weighted by molar-refractivity contribution is 5.80. The van der Waals surface area contributed by atoms with E-state index in [1.165, 1.54) is 0 Å². The molecule has 0 spiro atoms. The summed E-state index contributed by atoms with van der Waals surface area (Å²) in [5, 5.41) is 5.40. The lowest BCUT2D eigenvalue weighted by Gasteiger charge is -2.08. The van der Waals surface area contributed by atoms with Gasteiger partial charge in [-0.05, 0) is 24.6 Å². The molecule has 1 aromatic carbocycles. The normalized spacial score (nSPS) is 11.0. The van der Waals surface area contributed by atoms with E-state index in [4.69, 9.17) is 5.73 Å². The second kappa shape index (κ2) is 4.23. The van der Waals surface area contributed by atoms with E-state index < -0.39 is 0 Å². The van der Waals surface area contributed by atoms with Crippen LogP contribution in [0.3, 0.4) is 0 Å². The minimum absolute atomic E-state index is 0.450. The highest BCUT2D eigenvalue weighted by Gasteiger charge is 2.08. The maximum Gasteiger partial charge on any atom is 0.158 e. The lowest BCUT2D eigenvalue weighted by Crippen LogP contribution is -2.07. The number of hydrogen-bond acceptors (Lipinski definition) is 3. The summed E-state index contributed by atoms with van der Waals surface area (Å²) in [5.41, 5.74) is 8.86. The number of pyridine rings is 1. The zero-order valence-corrected chi connectivity index (χ0v) is 10.2. The van der Waals surface area contributed by atoms with Crippen LogP contribution in [0.4, 0.5) is 0 Å². The van der Waals surface area contributed by atoms with Crippen LogP contribution in [0.1, 0.15) is 11.1 Å². The van der Waals surface area contributed by atoms with E-state index in [1.807, 2.05) is 43.6 Å². The summed E-state index contributed by atoms with van der Waals surface area (Å²) in [6.07, 6.45) is 3.77. The van der Waals surface area contributed by atoms with Crippen LogP contribution in [-0.2, 0) is 6.54 Å². The molecule has 2 N–H and O–H groups in total. The molecular formula is C14H14N4. The summed E-state index contributed by atoms with van der Waals surface area (Å²) >= 11 is 0. The number of nitrogens with zero attached hydrogens (tertiary/aromatic N) is 3. The van der Waals surface area contributed by atoms with Gasteiger partial charge in [0, 0.05) is 23.7 Å². The lowest BCUT2D eigenvalue weighted by atomic mass is 10.1. The number of hydrogen-bond donors (Lipinski definition) is 1. The van der Waals surface area contributed by atoms with Crippen LogP contribution in [0.15, 0.2) is 42.7 Å². The maximum absolute atomic E-state index is 5.80. The monoisotopic (exact) mass is 238 g/mol. The Hall–Kier alpha value is -2.20. The summed E-state index contributed by atoms with van der Waals surface area (Å²) in [4.78, 5) is 4.65. The molecule has 0 aliphatic heterocycles. The smallest absolute Gasteiger partial charge is 0.158 e. The molecule has 18 heavy (non-hydrogen) atoms. The molecule has 0 saturated carbocycles. The number of benzene rings is 1. The molecular weight excluding hydrogens is 224 g/mol. The first-order chi connectivity index (χ1) is 8.78. The number of fused-ring (bicyclic) bond motifs is 1. The molecule has 0 atom stereocenters. The first kappa shape index (κ1) is 10.9. The quantitative estimate of drug-likeness (QED) is 0.744. The summed E-state index contributed by atoms with van der Waals surface area (Å²) in [6, 6.07) is 10.1. The molecule has 4 heteroatoms. The summed E-state index contributed by atoms with van der Waals surface area (Å²) in [5.74, 6) is 0.810. The van der Waals surface area contributed by atoms with Gasteiger partial charge in [-0.2, -0.15) is 5.10 Å². The Labute approximate surface area is 105 Å². The molecule has 3 aromatic rings. The number of aryl methyl sites for hydroxylation is 1. The second-order valence-electron chi connectivity index (χ2n) is 4.33. The van der Waals surface area contributed by atoms with Crippen molar-refractivity contribution in [1.82, 2.24) is 14.8 Å². The van der Waals surface area contributed by atoms with Crippen LogP contribution < -0.4 is 5.73 Å². The van der Waals surface area contributed by atoms with Gasteiger partial charge in [-0.3, -0.25) is 0 Å². The fourth-order valence-corrected chi connectivity index (χ4v) is 2.03. The Morgan fingerprint density at radius 2 is 2.11 bits per heavy atom. The number of para-hydroxylation sites is 1. The minimum atomic E-state index is 0.450. The van der Waals surface area contributed by atoms with Crippen molar-refractivity contribution in [3.63, 3.8) is 0 Å². The molecule has 0 unspecified atom stereocenters. The Balaban J connectivity index is 2.26. The third kappa shape index (κ3) is 1.76. The Morgan fingerprint density at radius 1 is 1.28 bits per heavy atom. The SMILES string of the molecule is Cc1cnn(-c2nc3ccccc3cc2CN)c1. The van der Waals surface area contributed by atoms with Crippen molar-refractivity contribution in [2.24, 2.45) is 5.73 Å². The highest BCUT2D eigenvalue weighted by atomic mass is 15.3.